The molecule has 0 amide bonds. The predicted octanol–water partition coefficient (Wildman–Crippen LogP) is 1.94. The van der Waals surface area contributed by atoms with Gasteiger partial charge in [0.25, 0.3) is 0 Å². The standard InChI is InChI=1S/C12H27NO2/c1-10(2)15-9-12(6,14)7-8-13-11(3,4)5/h10,13-14H,7-9H2,1-6H3. The fourth-order valence-electron chi connectivity index (χ4n) is 1.13. The highest BCUT2D eigenvalue weighted by molar-refractivity contribution is 4.77. The molecule has 0 aliphatic carbocycles. The molecule has 0 heterocycles. The second-order valence-electron chi connectivity index (χ2n) is 5.78. The van der Waals surface area contributed by atoms with Crippen LogP contribution in [0.4, 0.5) is 0 Å². The van der Waals surface area contributed by atoms with E-state index in [-0.39, 0.29) is 11.6 Å². The van der Waals surface area contributed by atoms with Gasteiger partial charge in [0.05, 0.1) is 18.3 Å². The lowest BCUT2D eigenvalue weighted by molar-refractivity contribution is -0.0578. The molecule has 0 saturated carbocycles. The zero-order valence-corrected chi connectivity index (χ0v) is 11.1. The summed E-state index contributed by atoms with van der Waals surface area (Å²) in [5, 5.41) is 13.3. The van der Waals surface area contributed by atoms with E-state index in [4.69, 9.17) is 4.74 Å². The van der Waals surface area contributed by atoms with Crippen LogP contribution in [0.15, 0.2) is 0 Å². The smallest absolute Gasteiger partial charge is 0.0864 e. The average molecular weight is 217 g/mol. The van der Waals surface area contributed by atoms with Gasteiger partial charge in [0, 0.05) is 5.54 Å². The topological polar surface area (TPSA) is 41.5 Å². The van der Waals surface area contributed by atoms with Gasteiger partial charge in [0.1, 0.15) is 0 Å². The molecule has 2 N–H and O–H groups in total. The minimum atomic E-state index is -0.734. The van der Waals surface area contributed by atoms with Crippen molar-refractivity contribution in [2.24, 2.45) is 0 Å². The molecule has 0 rings (SSSR count). The van der Waals surface area contributed by atoms with Gasteiger partial charge >= 0.3 is 0 Å². The Morgan fingerprint density at radius 2 is 1.73 bits per heavy atom. The molecule has 1 unspecified atom stereocenters. The van der Waals surface area contributed by atoms with Crippen LogP contribution in [-0.4, -0.2) is 35.5 Å². The summed E-state index contributed by atoms with van der Waals surface area (Å²) in [6.45, 7) is 13.3. The average Bonchev–Trinajstić information content (AvgIpc) is 1.98. The van der Waals surface area contributed by atoms with E-state index in [0.717, 1.165) is 6.54 Å². The Morgan fingerprint density at radius 3 is 2.13 bits per heavy atom. The lowest BCUT2D eigenvalue weighted by Crippen LogP contribution is -2.41. The number of hydrogen-bond donors (Lipinski definition) is 2. The zero-order chi connectivity index (χ0) is 12.1. The highest BCUT2D eigenvalue weighted by atomic mass is 16.5. The van der Waals surface area contributed by atoms with Crippen LogP contribution < -0.4 is 5.32 Å². The van der Waals surface area contributed by atoms with Crippen LogP contribution in [0.5, 0.6) is 0 Å². The molecule has 3 nitrogen and oxygen atoms in total. The molecule has 1 atom stereocenters. The van der Waals surface area contributed by atoms with Crippen LogP contribution in [0.3, 0.4) is 0 Å². The maximum atomic E-state index is 10.00. The molecular weight excluding hydrogens is 190 g/mol. The Labute approximate surface area is 94.2 Å². The van der Waals surface area contributed by atoms with Gasteiger partial charge < -0.3 is 15.2 Å². The molecular formula is C12H27NO2. The summed E-state index contributed by atoms with van der Waals surface area (Å²) in [6.07, 6.45) is 0.879. The minimum absolute atomic E-state index is 0.106. The van der Waals surface area contributed by atoms with Crippen molar-refractivity contribution >= 4 is 0 Å². The van der Waals surface area contributed by atoms with Crippen molar-refractivity contribution in [3.8, 4) is 0 Å². The maximum Gasteiger partial charge on any atom is 0.0864 e. The van der Waals surface area contributed by atoms with Crippen molar-refractivity contribution in [3.05, 3.63) is 0 Å². The highest BCUT2D eigenvalue weighted by Gasteiger charge is 2.21. The third kappa shape index (κ3) is 10.2. The number of ether oxygens (including phenoxy) is 1. The van der Waals surface area contributed by atoms with E-state index >= 15 is 0 Å². The lowest BCUT2D eigenvalue weighted by atomic mass is 10.0. The Balaban J connectivity index is 3.74. The van der Waals surface area contributed by atoms with Crippen LogP contribution in [0.2, 0.25) is 0 Å². The third-order valence-corrected chi connectivity index (χ3v) is 2.05. The van der Waals surface area contributed by atoms with Crippen molar-refractivity contribution in [2.45, 2.75) is 65.2 Å². The maximum absolute atomic E-state index is 10.00. The molecule has 92 valence electrons. The second-order valence-corrected chi connectivity index (χ2v) is 5.78. The summed E-state index contributed by atoms with van der Waals surface area (Å²) in [4.78, 5) is 0. The summed E-state index contributed by atoms with van der Waals surface area (Å²) in [5.74, 6) is 0. The number of nitrogens with one attached hydrogen (secondary N) is 1. The van der Waals surface area contributed by atoms with Crippen molar-refractivity contribution in [2.75, 3.05) is 13.2 Å². The monoisotopic (exact) mass is 217 g/mol. The van der Waals surface area contributed by atoms with Gasteiger partial charge in [-0.15, -0.1) is 0 Å². The largest absolute Gasteiger partial charge is 0.388 e. The Hall–Kier alpha value is -0.120. The molecule has 0 fully saturated rings. The first-order valence-corrected chi connectivity index (χ1v) is 5.71. The molecule has 0 bridgehead atoms. The first-order valence-electron chi connectivity index (χ1n) is 5.71. The molecule has 0 aromatic heterocycles. The van der Waals surface area contributed by atoms with E-state index in [0.29, 0.717) is 13.0 Å². The van der Waals surface area contributed by atoms with Gasteiger partial charge in [-0.05, 0) is 54.5 Å². The van der Waals surface area contributed by atoms with E-state index in [9.17, 15) is 5.11 Å². The quantitative estimate of drug-likeness (QED) is 0.714. The van der Waals surface area contributed by atoms with E-state index in [1.807, 2.05) is 20.8 Å². The van der Waals surface area contributed by atoms with E-state index < -0.39 is 5.60 Å². The lowest BCUT2D eigenvalue weighted by Gasteiger charge is -2.27. The van der Waals surface area contributed by atoms with Gasteiger partial charge in [0.2, 0.25) is 0 Å². The molecule has 0 saturated heterocycles. The molecule has 0 aromatic carbocycles. The van der Waals surface area contributed by atoms with Crippen molar-refractivity contribution in [3.63, 3.8) is 0 Å². The van der Waals surface area contributed by atoms with E-state index in [2.05, 4.69) is 26.1 Å². The van der Waals surface area contributed by atoms with Gasteiger partial charge in [-0.3, -0.25) is 0 Å². The number of aliphatic hydroxyl groups is 1. The summed E-state index contributed by atoms with van der Waals surface area (Å²) in [7, 11) is 0. The molecule has 0 aliphatic rings. The number of rotatable bonds is 6. The summed E-state index contributed by atoms with van der Waals surface area (Å²) in [5.41, 5.74) is -0.627. The minimum Gasteiger partial charge on any atom is -0.388 e. The Kier molecular flexibility index (Phi) is 5.78. The Bertz CT molecular complexity index is 171. The molecule has 3 heteroatoms. The number of hydrogen-bond acceptors (Lipinski definition) is 3. The first-order chi connectivity index (χ1) is 6.62. The van der Waals surface area contributed by atoms with Gasteiger partial charge in [-0.25, -0.2) is 0 Å². The van der Waals surface area contributed by atoms with Crippen LogP contribution in [0, 0.1) is 0 Å². The van der Waals surface area contributed by atoms with Crippen molar-refractivity contribution < 1.29 is 9.84 Å². The third-order valence-electron chi connectivity index (χ3n) is 2.05. The highest BCUT2D eigenvalue weighted by Crippen LogP contribution is 2.11. The first kappa shape index (κ1) is 14.9. The van der Waals surface area contributed by atoms with Gasteiger partial charge in [-0.1, -0.05) is 0 Å². The Morgan fingerprint density at radius 1 is 1.20 bits per heavy atom. The second kappa shape index (κ2) is 5.83. The van der Waals surface area contributed by atoms with Crippen molar-refractivity contribution in [1.82, 2.24) is 5.32 Å². The van der Waals surface area contributed by atoms with Crippen LogP contribution in [0.25, 0.3) is 0 Å². The van der Waals surface area contributed by atoms with Crippen LogP contribution >= 0.6 is 0 Å². The summed E-state index contributed by atoms with van der Waals surface area (Å²) >= 11 is 0. The van der Waals surface area contributed by atoms with E-state index in [1.54, 1.807) is 0 Å². The predicted molar refractivity (Wildman–Crippen MR) is 64.1 cm³/mol. The van der Waals surface area contributed by atoms with Crippen LogP contribution in [-0.2, 0) is 4.74 Å². The fourth-order valence-corrected chi connectivity index (χ4v) is 1.13. The van der Waals surface area contributed by atoms with E-state index in [1.165, 1.54) is 0 Å². The molecule has 0 aliphatic heterocycles. The van der Waals surface area contributed by atoms with Crippen LogP contribution in [0.1, 0.15) is 48.0 Å². The molecule has 0 spiro atoms. The molecule has 15 heavy (non-hydrogen) atoms. The van der Waals surface area contributed by atoms with Crippen molar-refractivity contribution in [1.29, 1.82) is 0 Å². The SMILES string of the molecule is CC(C)OCC(C)(O)CCNC(C)(C)C. The zero-order valence-electron chi connectivity index (χ0n) is 11.1. The molecule has 0 aromatic rings. The fraction of sp³-hybridized carbons (Fsp3) is 1.00. The van der Waals surface area contributed by atoms with Gasteiger partial charge in [0.15, 0.2) is 0 Å². The summed E-state index contributed by atoms with van der Waals surface area (Å²) in [6, 6.07) is 0. The molecule has 0 radical (unpaired) electrons. The summed E-state index contributed by atoms with van der Waals surface area (Å²) < 4.78 is 5.41. The normalized spacial score (nSPS) is 16.8. The van der Waals surface area contributed by atoms with Gasteiger partial charge in [-0.2, -0.15) is 0 Å².